The van der Waals surface area contributed by atoms with Crippen molar-refractivity contribution in [2.24, 2.45) is 0 Å². The molecule has 0 saturated heterocycles. The molecule has 0 atom stereocenters. The Labute approximate surface area is 402 Å². The highest BCUT2D eigenvalue weighted by molar-refractivity contribution is 6.21. The highest BCUT2D eigenvalue weighted by Gasteiger charge is 2.49. The molecule has 0 unspecified atom stereocenters. The number of rotatable bonds is 3. The summed E-state index contributed by atoms with van der Waals surface area (Å²) < 4.78 is 13.4. The van der Waals surface area contributed by atoms with Crippen LogP contribution >= 0.6 is 0 Å². The lowest BCUT2D eigenvalue weighted by atomic mass is 9.72. The molecule has 0 amide bonds. The van der Waals surface area contributed by atoms with Crippen LogP contribution in [0.4, 0.5) is 17.1 Å². The first-order chi connectivity index (χ1) is 33.3. The normalized spacial score (nSPS) is 16.6. The van der Waals surface area contributed by atoms with Gasteiger partial charge in [-0.05, 0) is 150 Å². The van der Waals surface area contributed by atoms with Crippen molar-refractivity contribution < 1.29 is 8.83 Å². The largest absolute Gasteiger partial charge is 0.456 e. The van der Waals surface area contributed by atoms with Crippen molar-refractivity contribution in [2.75, 3.05) is 4.90 Å². The molecule has 4 aliphatic carbocycles. The van der Waals surface area contributed by atoms with E-state index in [2.05, 4.69) is 224 Å². The van der Waals surface area contributed by atoms with Gasteiger partial charge in [-0.3, -0.25) is 0 Å². The Morgan fingerprint density at radius 3 is 1.61 bits per heavy atom. The second kappa shape index (κ2) is 12.7. The van der Waals surface area contributed by atoms with E-state index >= 15 is 0 Å². The van der Waals surface area contributed by atoms with Crippen molar-refractivity contribution in [3.63, 3.8) is 0 Å². The Hall–Kier alpha value is -7.62. The topological polar surface area (TPSA) is 29.5 Å². The lowest BCUT2D eigenvalue weighted by molar-refractivity contribution is 0.600. The maximum atomic E-state index is 6.97. The molecule has 0 fully saturated rings. The van der Waals surface area contributed by atoms with Crippen LogP contribution in [0.5, 0.6) is 0 Å². The number of benzene rings is 9. The smallest absolute Gasteiger partial charge is 0.144 e. The molecule has 0 radical (unpaired) electrons. The lowest BCUT2D eigenvalue weighted by Gasteiger charge is -2.32. The number of fused-ring (bicyclic) bond motifs is 22. The minimum Gasteiger partial charge on any atom is -0.456 e. The Balaban J connectivity index is 0.907. The summed E-state index contributed by atoms with van der Waals surface area (Å²) in [6.45, 7) is 19.4. The average Bonchev–Trinajstić information content (AvgIpc) is 4.14. The van der Waals surface area contributed by atoms with E-state index in [9.17, 15) is 0 Å². The van der Waals surface area contributed by atoms with Crippen LogP contribution in [0.1, 0.15) is 99.9 Å². The highest BCUT2D eigenvalue weighted by atomic mass is 16.3. The summed E-state index contributed by atoms with van der Waals surface area (Å²) in [5.74, 6) is 0. The van der Waals surface area contributed by atoms with Gasteiger partial charge >= 0.3 is 0 Å². The molecule has 3 heteroatoms. The molecular weight excluding hydrogens is 839 g/mol. The fourth-order valence-electron chi connectivity index (χ4n) is 14.1. The molecule has 11 aromatic rings. The summed E-state index contributed by atoms with van der Waals surface area (Å²) in [6.07, 6.45) is 0. The molecule has 69 heavy (non-hydrogen) atoms. The molecule has 0 aliphatic heterocycles. The summed E-state index contributed by atoms with van der Waals surface area (Å²) in [7, 11) is 0. The van der Waals surface area contributed by atoms with Gasteiger partial charge < -0.3 is 13.7 Å². The quantitative estimate of drug-likeness (QED) is 0.177. The van der Waals surface area contributed by atoms with Gasteiger partial charge in [0.1, 0.15) is 22.3 Å². The van der Waals surface area contributed by atoms with E-state index in [1.54, 1.807) is 0 Å². The van der Waals surface area contributed by atoms with E-state index in [-0.39, 0.29) is 21.7 Å². The number of anilines is 3. The minimum atomic E-state index is -0.304. The molecular formula is C66H51NO2. The van der Waals surface area contributed by atoms with Crippen molar-refractivity contribution in [3.05, 3.63) is 208 Å². The minimum absolute atomic E-state index is 0.166. The van der Waals surface area contributed by atoms with Gasteiger partial charge in [0.05, 0.1) is 0 Å². The van der Waals surface area contributed by atoms with Crippen molar-refractivity contribution in [2.45, 2.75) is 77.0 Å². The van der Waals surface area contributed by atoms with Crippen molar-refractivity contribution in [1.82, 2.24) is 0 Å². The van der Waals surface area contributed by atoms with Gasteiger partial charge in [-0.25, -0.2) is 0 Å². The molecule has 4 aliphatic rings. The van der Waals surface area contributed by atoms with Gasteiger partial charge in [0.25, 0.3) is 0 Å². The summed E-state index contributed by atoms with van der Waals surface area (Å²) in [5, 5.41) is 4.81. The Morgan fingerprint density at radius 1 is 0.319 bits per heavy atom. The molecule has 0 saturated carbocycles. The van der Waals surface area contributed by atoms with Crippen LogP contribution in [-0.2, 0) is 21.7 Å². The Morgan fingerprint density at radius 2 is 0.855 bits per heavy atom. The van der Waals surface area contributed by atoms with Gasteiger partial charge in [-0.2, -0.15) is 0 Å². The Kier molecular flexibility index (Phi) is 7.26. The predicted molar refractivity (Wildman–Crippen MR) is 286 cm³/mol. The first-order valence-electron chi connectivity index (χ1n) is 24.7. The molecule has 15 rings (SSSR count). The van der Waals surface area contributed by atoms with Crippen LogP contribution < -0.4 is 4.90 Å². The zero-order valence-corrected chi connectivity index (χ0v) is 40.4. The van der Waals surface area contributed by atoms with E-state index in [0.717, 1.165) is 39.4 Å². The summed E-state index contributed by atoms with van der Waals surface area (Å²) in [6, 6.07) is 61.1. The molecule has 0 N–H and O–H groups in total. The average molecular weight is 890 g/mol. The maximum Gasteiger partial charge on any atom is 0.144 e. The first kappa shape index (κ1) is 39.4. The Bertz CT molecular complexity index is 4130. The third-order valence-corrected chi connectivity index (χ3v) is 17.4. The van der Waals surface area contributed by atoms with Crippen LogP contribution in [0.3, 0.4) is 0 Å². The van der Waals surface area contributed by atoms with Crippen LogP contribution in [0.15, 0.2) is 173 Å². The zero-order chi connectivity index (χ0) is 46.7. The summed E-state index contributed by atoms with van der Waals surface area (Å²) >= 11 is 0. The van der Waals surface area contributed by atoms with E-state index in [1.165, 1.54) is 111 Å². The van der Waals surface area contributed by atoms with E-state index < -0.39 is 0 Å². The zero-order valence-electron chi connectivity index (χ0n) is 40.4. The van der Waals surface area contributed by atoms with Crippen LogP contribution in [-0.4, -0.2) is 0 Å². The van der Waals surface area contributed by atoms with E-state index in [0.29, 0.717) is 0 Å². The first-order valence-corrected chi connectivity index (χ1v) is 24.7. The molecule has 9 aromatic carbocycles. The number of nitrogens with zero attached hydrogens (tertiary/aromatic N) is 1. The van der Waals surface area contributed by atoms with Crippen molar-refractivity contribution >= 4 is 60.9 Å². The number of hydrogen-bond acceptors (Lipinski definition) is 3. The van der Waals surface area contributed by atoms with Crippen LogP contribution in [0, 0.1) is 0 Å². The molecule has 2 heterocycles. The van der Waals surface area contributed by atoms with Gasteiger partial charge in [-0.15, -0.1) is 0 Å². The maximum absolute atomic E-state index is 6.97. The van der Waals surface area contributed by atoms with Gasteiger partial charge in [-0.1, -0.05) is 152 Å². The van der Waals surface area contributed by atoms with E-state index in [4.69, 9.17) is 8.83 Å². The monoisotopic (exact) mass is 889 g/mol. The van der Waals surface area contributed by atoms with Gasteiger partial charge in [0.15, 0.2) is 0 Å². The van der Waals surface area contributed by atoms with Gasteiger partial charge in [0.2, 0.25) is 0 Å². The number of hydrogen-bond donors (Lipinski definition) is 0. The standard InChI is InChI=1S/C66H51NO2/c1-63(2)47-30-31-54-56(42-21-13-16-24-52(42)68-54)55(47)45-35-50-44(34-51(45)63)39-28-26-37(32-48(39)64(50,3)4)67(36-18-10-9-11-19-36)38-27-29-41-49(33-38)66(7,8)60-57(41)58-43-22-14-17-25-53(43)69-62(58)59-40-20-12-15-23-46(40)65(5,6)61(59)60/h9-35H,1-8H3. The molecule has 332 valence electrons. The van der Waals surface area contributed by atoms with Crippen LogP contribution in [0.2, 0.25) is 0 Å². The molecule has 2 aromatic heterocycles. The molecule has 0 bridgehead atoms. The predicted octanol–water partition coefficient (Wildman–Crippen LogP) is 18.2. The summed E-state index contributed by atoms with van der Waals surface area (Å²) in [5.41, 5.74) is 27.8. The number of para-hydroxylation sites is 3. The second-order valence-corrected chi connectivity index (χ2v) is 22.4. The van der Waals surface area contributed by atoms with E-state index in [1.807, 2.05) is 0 Å². The fourth-order valence-corrected chi connectivity index (χ4v) is 14.1. The third-order valence-electron chi connectivity index (χ3n) is 17.4. The number of furan rings is 2. The van der Waals surface area contributed by atoms with Crippen molar-refractivity contribution in [3.8, 4) is 44.5 Å². The second-order valence-electron chi connectivity index (χ2n) is 22.4. The molecule has 3 nitrogen and oxygen atoms in total. The third kappa shape index (κ3) is 4.74. The molecule has 0 spiro atoms. The SMILES string of the molecule is CC1(C)c2cc(N(c3ccccc3)c3ccc4c(c3)C(C)(C)c3c5c(c6oc7ccccc7c6c3-4)-c3ccccc3C5(C)C)ccc2-c2cc3c(cc21)-c1c(ccc2oc4ccccc4c12)C3(C)C. The van der Waals surface area contributed by atoms with Gasteiger partial charge in [0, 0.05) is 65.8 Å². The summed E-state index contributed by atoms with van der Waals surface area (Å²) in [4.78, 5) is 2.48. The lowest BCUT2D eigenvalue weighted by Crippen LogP contribution is -2.24. The van der Waals surface area contributed by atoms with Crippen molar-refractivity contribution in [1.29, 1.82) is 0 Å². The van der Waals surface area contributed by atoms with Crippen LogP contribution in [0.25, 0.3) is 88.4 Å². The highest BCUT2D eigenvalue weighted by Crippen LogP contribution is 2.64. The fraction of sp³-hybridized carbons (Fsp3) is 0.182.